The highest BCUT2D eigenvalue weighted by Gasteiger charge is 2.13. The number of hydrazine groups is 1. The lowest BCUT2D eigenvalue weighted by Crippen LogP contribution is -2.37. The molecule has 0 spiro atoms. The van der Waals surface area contributed by atoms with Crippen LogP contribution < -0.4 is 16.0 Å². The Kier molecular flexibility index (Phi) is 6.77. The van der Waals surface area contributed by atoms with Crippen molar-refractivity contribution >= 4 is 0 Å². The van der Waals surface area contributed by atoms with Crippen LogP contribution in [0.25, 0.3) is 0 Å². The Labute approximate surface area is 128 Å². The first-order chi connectivity index (χ1) is 10.3. The second-order valence-electron chi connectivity index (χ2n) is 5.84. The van der Waals surface area contributed by atoms with Gasteiger partial charge in [0.2, 0.25) is 0 Å². The number of nitrogens with one attached hydrogen (secondary N) is 1. The third-order valence-corrected chi connectivity index (χ3v) is 4.36. The summed E-state index contributed by atoms with van der Waals surface area (Å²) >= 11 is 0. The molecule has 1 aliphatic carbocycles. The van der Waals surface area contributed by atoms with E-state index in [9.17, 15) is 0 Å². The number of nitrogens with two attached hydrogens (primary N) is 1. The summed E-state index contributed by atoms with van der Waals surface area (Å²) < 4.78 is 5.20. The molecule has 3 nitrogen and oxygen atoms in total. The minimum absolute atomic E-state index is 0.310. The Morgan fingerprint density at radius 1 is 1.14 bits per heavy atom. The molecule has 0 aromatic heterocycles. The average Bonchev–Trinajstić information content (AvgIpc) is 2.50. The zero-order valence-electron chi connectivity index (χ0n) is 13.1. The molecular formula is C18H28N2O. The third kappa shape index (κ3) is 5.18. The highest BCUT2D eigenvalue weighted by atomic mass is 16.5. The maximum Gasteiger partial charge on any atom is 0.118 e. The number of benzene rings is 1. The predicted octanol–water partition coefficient (Wildman–Crippen LogP) is 3.74. The van der Waals surface area contributed by atoms with Gasteiger partial charge in [-0.1, -0.05) is 36.6 Å². The van der Waals surface area contributed by atoms with Crippen LogP contribution in [0.5, 0.6) is 5.75 Å². The van der Waals surface area contributed by atoms with E-state index >= 15 is 0 Å². The fourth-order valence-electron chi connectivity index (χ4n) is 3.01. The predicted molar refractivity (Wildman–Crippen MR) is 88.2 cm³/mol. The molecule has 0 radical (unpaired) electrons. The van der Waals surface area contributed by atoms with Gasteiger partial charge >= 0.3 is 0 Å². The quantitative estimate of drug-likeness (QED) is 0.476. The summed E-state index contributed by atoms with van der Waals surface area (Å²) in [6.45, 7) is 0. The van der Waals surface area contributed by atoms with Crippen molar-refractivity contribution in [2.24, 2.45) is 5.84 Å². The molecule has 0 amide bonds. The van der Waals surface area contributed by atoms with Crippen LogP contribution in [0.15, 0.2) is 35.9 Å². The molecule has 0 heterocycles. The zero-order valence-corrected chi connectivity index (χ0v) is 13.1. The lowest BCUT2D eigenvalue weighted by atomic mass is 9.92. The van der Waals surface area contributed by atoms with Gasteiger partial charge in [-0.2, -0.15) is 0 Å². The largest absolute Gasteiger partial charge is 0.497 e. The van der Waals surface area contributed by atoms with Crippen LogP contribution in [-0.2, 0) is 6.42 Å². The van der Waals surface area contributed by atoms with Crippen molar-refractivity contribution in [3.8, 4) is 5.75 Å². The Hall–Kier alpha value is -1.32. The molecule has 3 N–H and O–H groups in total. The van der Waals surface area contributed by atoms with Crippen LogP contribution in [0.3, 0.4) is 0 Å². The van der Waals surface area contributed by atoms with Gasteiger partial charge in [0, 0.05) is 6.04 Å². The molecule has 0 aliphatic heterocycles. The number of methoxy groups -OCH3 is 1. The van der Waals surface area contributed by atoms with Gasteiger partial charge in [-0.15, -0.1) is 0 Å². The summed E-state index contributed by atoms with van der Waals surface area (Å²) in [6.07, 6.45) is 12.2. The molecule has 1 aliphatic rings. The number of aryl methyl sites for hydroxylation is 1. The number of hydrogen-bond acceptors (Lipinski definition) is 3. The van der Waals surface area contributed by atoms with Crippen LogP contribution in [0, 0.1) is 0 Å². The van der Waals surface area contributed by atoms with E-state index in [1.54, 1.807) is 7.11 Å². The van der Waals surface area contributed by atoms with Crippen molar-refractivity contribution in [1.82, 2.24) is 5.43 Å². The molecule has 1 unspecified atom stereocenters. The number of hydrogen-bond donors (Lipinski definition) is 2. The lowest BCUT2D eigenvalue weighted by Gasteiger charge is -2.21. The topological polar surface area (TPSA) is 47.3 Å². The summed E-state index contributed by atoms with van der Waals surface area (Å²) in [5.74, 6) is 6.70. The van der Waals surface area contributed by atoms with E-state index in [0.29, 0.717) is 6.04 Å². The van der Waals surface area contributed by atoms with Crippen molar-refractivity contribution in [3.63, 3.8) is 0 Å². The molecule has 1 aromatic rings. The summed E-state index contributed by atoms with van der Waals surface area (Å²) in [7, 11) is 1.70. The molecule has 0 saturated carbocycles. The first kappa shape index (κ1) is 16.1. The van der Waals surface area contributed by atoms with Crippen molar-refractivity contribution in [2.75, 3.05) is 7.11 Å². The summed E-state index contributed by atoms with van der Waals surface area (Å²) in [5.41, 5.74) is 5.86. The van der Waals surface area contributed by atoms with Crippen LogP contribution in [-0.4, -0.2) is 13.2 Å². The van der Waals surface area contributed by atoms with Gasteiger partial charge in [-0.05, 0) is 56.2 Å². The first-order valence-electron chi connectivity index (χ1n) is 8.11. The van der Waals surface area contributed by atoms with E-state index in [4.69, 9.17) is 10.6 Å². The minimum Gasteiger partial charge on any atom is -0.497 e. The zero-order chi connectivity index (χ0) is 14.9. The van der Waals surface area contributed by atoms with E-state index in [-0.39, 0.29) is 0 Å². The van der Waals surface area contributed by atoms with Crippen molar-refractivity contribution in [1.29, 1.82) is 0 Å². The minimum atomic E-state index is 0.310. The van der Waals surface area contributed by atoms with E-state index < -0.39 is 0 Å². The van der Waals surface area contributed by atoms with Crippen molar-refractivity contribution in [2.45, 2.75) is 57.4 Å². The number of ether oxygens (including phenoxy) is 1. The fourth-order valence-corrected chi connectivity index (χ4v) is 3.01. The maximum atomic E-state index is 5.79. The smallest absolute Gasteiger partial charge is 0.118 e. The number of allylic oxidation sites excluding steroid dienone is 1. The van der Waals surface area contributed by atoms with Gasteiger partial charge in [0.25, 0.3) is 0 Å². The third-order valence-electron chi connectivity index (χ3n) is 4.36. The van der Waals surface area contributed by atoms with E-state index in [2.05, 4.69) is 23.6 Å². The van der Waals surface area contributed by atoms with Gasteiger partial charge in [0.15, 0.2) is 0 Å². The van der Waals surface area contributed by atoms with Gasteiger partial charge in [-0.25, -0.2) is 0 Å². The Morgan fingerprint density at radius 3 is 2.62 bits per heavy atom. The molecule has 1 aromatic carbocycles. The Morgan fingerprint density at radius 2 is 1.90 bits per heavy atom. The molecule has 1 atom stereocenters. The monoisotopic (exact) mass is 288 g/mol. The summed E-state index contributed by atoms with van der Waals surface area (Å²) in [5, 5.41) is 0. The fraction of sp³-hybridized carbons (Fsp3) is 0.556. The van der Waals surface area contributed by atoms with Crippen molar-refractivity contribution in [3.05, 3.63) is 41.5 Å². The highest BCUT2D eigenvalue weighted by Crippen LogP contribution is 2.22. The van der Waals surface area contributed by atoms with Crippen LogP contribution in [0.4, 0.5) is 0 Å². The Bertz CT molecular complexity index is 439. The van der Waals surface area contributed by atoms with Crippen molar-refractivity contribution < 1.29 is 4.74 Å². The van der Waals surface area contributed by atoms with E-state index in [0.717, 1.165) is 18.6 Å². The van der Waals surface area contributed by atoms with Crippen LogP contribution in [0.1, 0.15) is 50.5 Å². The molecule has 0 saturated heterocycles. The molecule has 0 fully saturated rings. The summed E-state index contributed by atoms with van der Waals surface area (Å²) in [6, 6.07) is 8.63. The van der Waals surface area contributed by atoms with Gasteiger partial charge in [0.05, 0.1) is 7.11 Å². The first-order valence-corrected chi connectivity index (χ1v) is 8.11. The highest BCUT2D eigenvalue weighted by molar-refractivity contribution is 5.27. The molecule has 2 rings (SSSR count). The number of rotatable bonds is 6. The lowest BCUT2D eigenvalue weighted by molar-refractivity contribution is 0.414. The molecule has 21 heavy (non-hydrogen) atoms. The normalized spacial score (nSPS) is 20.0. The molecule has 0 bridgehead atoms. The Balaban J connectivity index is 1.91. The second kappa shape index (κ2) is 8.85. The van der Waals surface area contributed by atoms with Gasteiger partial charge in [-0.3, -0.25) is 11.3 Å². The van der Waals surface area contributed by atoms with E-state index in [1.807, 2.05) is 12.1 Å². The van der Waals surface area contributed by atoms with Gasteiger partial charge in [0.1, 0.15) is 5.75 Å². The standard InChI is InChI=1S/C18H28N2O/c1-21-17-12-9-15(10-13-17)11-14-18(20-19)16-7-5-3-2-4-6-8-16/h7,9-10,12-13,18,20H,2-6,8,11,14,19H2,1H3/b16-7+. The SMILES string of the molecule is COc1ccc(CCC(NN)/C2=C/CCCCCC2)cc1. The van der Waals surface area contributed by atoms with Crippen LogP contribution >= 0.6 is 0 Å². The molecule has 3 heteroatoms. The second-order valence-corrected chi connectivity index (χ2v) is 5.84. The van der Waals surface area contributed by atoms with E-state index in [1.165, 1.54) is 49.7 Å². The average molecular weight is 288 g/mol. The van der Waals surface area contributed by atoms with Crippen LogP contribution in [0.2, 0.25) is 0 Å². The summed E-state index contributed by atoms with van der Waals surface area (Å²) in [4.78, 5) is 0. The molecular weight excluding hydrogens is 260 g/mol. The maximum absolute atomic E-state index is 5.79. The molecule has 116 valence electrons. The van der Waals surface area contributed by atoms with Gasteiger partial charge < -0.3 is 4.74 Å².